The lowest BCUT2D eigenvalue weighted by Crippen LogP contribution is -2.31. The van der Waals surface area contributed by atoms with Crippen LogP contribution in [0.4, 0.5) is 4.79 Å². The quantitative estimate of drug-likeness (QED) is 0.795. The van der Waals surface area contributed by atoms with E-state index in [0.717, 1.165) is 4.90 Å². The first kappa shape index (κ1) is 12.5. The molecule has 0 bridgehead atoms. The number of amides is 3. The van der Waals surface area contributed by atoms with Gasteiger partial charge in [0.2, 0.25) is 0 Å². The average molecular weight is 275 g/mol. The maximum atomic E-state index is 11.8. The predicted molar refractivity (Wildman–Crippen MR) is 67.5 cm³/mol. The molecule has 0 aromatic carbocycles. The van der Waals surface area contributed by atoms with Crippen LogP contribution in [0.2, 0.25) is 0 Å². The Bertz CT molecular complexity index is 659. The molecule has 3 heterocycles. The van der Waals surface area contributed by atoms with Crippen LogP contribution in [0.3, 0.4) is 0 Å². The van der Waals surface area contributed by atoms with Crippen molar-refractivity contribution in [2.24, 2.45) is 0 Å². The maximum Gasteiger partial charge on any atom is 0.327 e. The predicted octanol–water partition coefficient (Wildman–Crippen LogP) is 1.64. The topological polar surface area (TPSA) is 79.8 Å². The van der Waals surface area contributed by atoms with Crippen molar-refractivity contribution < 1.29 is 18.4 Å². The molecule has 0 unspecified atom stereocenters. The van der Waals surface area contributed by atoms with Crippen LogP contribution in [0.1, 0.15) is 11.5 Å². The molecule has 0 atom stereocenters. The summed E-state index contributed by atoms with van der Waals surface area (Å²) in [5.74, 6) is 1.18. The number of carbonyl (C=O) groups excluding carboxylic acids is 2. The first-order chi connectivity index (χ1) is 9.56. The molecule has 7 heteroatoms. The molecule has 0 radical (unpaired) electrons. The zero-order valence-corrected chi connectivity index (χ0v) is 11.1. The number of imide groups is 1. The summed E-state index contributed by atoms with van der Waals surface area (Å²) >= 11 is 0. The standard InChI is InChI=1S/C13H13N3O4/c1-8-9(6-16-11(17)7-15(2)13(16)18)14-12(20-8)10-4-3-5-19-10/h3-5H,6-7H2,1-2H3. The van der Waals surface area contributed by atoms with Crippen LogP contribution < -0.4 is 0 Å². The van der Waals surface area contributed by atoms with Crippen LogP contribution in [0.15, 0.2) is 27.2 Å². The lowest BCUT2D eigenvalue weighted by Gasteiger charge is -2.12. The second kappa shape index (κ2) is 4.52. The van der Waals surface area contributed by atoms with Gasteiger partial charge in [0.05, 0.1) is 12.8 Å². The van der Waals surface area contributed by atoms with Gasteiger partial charge in [-0.15, -0.1) is 0 Å². The first-order valence-electron chi connectivity index (χ1n) is 6.12. The molecular formula is C13H13N3O4. The van der Waals surface area contributed by atoms with Gasteiger partial charge in [0, 0.05) is 7.05 Å². The fraction of sp³-hybridized carbons (Fsp3) is 0.308. The smallest absolute Gasteiger partial charge is 0.327 e. The van der Waals surface area contributed by atoms with Gasteiger partial charge in [-0.1, -0.05) is 0 Å². The third-order valence-corrected chi connectivity index (χ3v) is 3.16. The van der Waals surface area contributed by atoms with E-state index >= 15 is 0 Å². The highest BCUT2D eigenvalue weighted by molar-refractivity contribution is 6.01. The second-order valence-corrected chi connectivity index (χ2v) is 4.62. The summed E-state index contributed by atoms with van der Waals surface area (Å²) < 4.78 is 10.7. The van der Waals surface area contributed by atoms with Crippen molar-refractivity contribution in [3.05, 3.63) is 29.9 Å². The highest BCUT2D eigenvalue weighted by atomic mass is 16.4. The number of hydrogen-bond acceptors (Lipinski definition) is 5. The Kier molecular flexibility index (Phi) is 2.81. The SMILES string of the molecule is Cc1oc(-c2ccco2)nc1CN1C(=O)CN(C)C1=O. The molecule has 0 N–H and O–H groups in total. The molecule has 1 aliphatic rings. The Hall–Kier alpha value is -2.57. The summed E-state index contributed by atoms with van der Waals surface area (Å²) in [7, 11) is 1.59. The van der Waals surface area contributed by atoms with Crippen molar-refractivity contribution in [2.45, 2.75) is 13.5 Å². The number of aromatic nitrogens is 1. The largest absolute Gasteiger partial charge is 0.459 e. The number of hydrogen-bond donors (Lipinski definition) is 0. The Balaban J connectivity index is 1.85. The molecule has 1 saturated heterocycles. The Morgan fingerprint density at radius 2 is 2.20 bits per heavy atom. The molecule has 1 aliphatic heterocycles. The summed E-state index contributed by atoms with van der Waals surface area (Å²) in [6.07, 6.45) is 1.52. The monoisotopic (exact) mass is 275 g/mol. The minimum Gasteiger partial charge on any atom is -0.459 e. The number of carbonyl (C=O) groups is 2. The van der Waals surface area contributed by atoms with Crippen molar-refractivity contribution in [1.29, 1.82) is 0 Å². The van der Waals surface area contributed by atoms with Gasteiger partial charge in [-0.3, -0.25) is 9.69 Å². The van der Waals surface area contributed by atoms with Gasteiger partial charge < -0.3 is 13.7 Å². The summed E-state index contributed by atoms with van der Waals surface area (Å²) in [5.41, 5.74) is 0.549. The zero-order valence-electron chi connectivity index (χ0n) is 11.1. The molecule has 0 spiro atoms. The number of likely N-dealkylation sites (N-methyl/N-ethyl adjacent to an activating group) is 1. The van der Waals surface area contributed by atoms with Gasteiger partial charge in [0.1, 0.15) is 18.0 Å². The van der Waals surface area contributed by atoms with Crippen LogP contribution in [0.25, 0.3) is 11.7 Å². The van der Waals surface area contributed by atoms with Gasteiger partial charge in [0.25, 0.3) is 11.8 Å². The third-order valence-electron chi connectivity index (χ3n) is 3.16. The highest BCUT2D eigenvalue weighted by Gasteiger charge is 2.34. The third kappa shape index (κ3) is 1.97. The van der Waals surface area contributed by atoms with Crippen LogP contribution >= 0.6 is 0 Å². The van der Waals surface area contributed by atoms with Crippen molar-refractivity contribution in [3.63, 3.8) is 0 Å². The number of urea groups is 1. The van der Waals surface area contributed by atoms with E-state index in [0.29, 0.717) is 23.1 Å². The molecule has 104 valence electrons. The van der Waals surface area contributed by atoms with Crippen LogP contribution in [-0.4, -0.2) is 40.3 Å². The van der Waals surface area contributed by atoms with E-state index in [1.807, 2.05) is 0 Å². The number of rotatable bonds is 3. The molecule has 7 nitrogen and oxygen atoms in total. The van der Waals surface area contributed by atoms with Gasteiger partial charge >= 0.3 is 6.03 Å². The van der Waals surface area contributed by atoms with Gasteiger partial charge in [-0.25, -0.2) is 9.78 Å². The molecule has 20 heavy (non-hydrogen) atoms. The zero-order chi connectivity index (χ0) is 14.3. The normalized spacial score (nSPS) is 15.5. The van der Waals surface area contributed by atoms with E-state index < -0.39 is 0 Å². The molecule has 1 fully saturated rings. The van der Waals surface area contributed by atoms with Crippen LogP contribution in [0.5, 0.6) is 0 Å². The van der Waals surface area contributed by atoms with Crippen molar-refractivity contribution >= 4 is 11.9 Å². The van der Waals surface area contributed by atoms with Crippen LogP contribution in [-0.2, 0) is 11.3 Å². The summed E-state index contributed by atoms with van der Waals surface area (Å²) in [4.78, 5) is 30.4. The minimum atomic E-state index is -0.322. The number of aryl methyl sites for hydroxylation is 1. The summed E-state index contributed by atoms with van der Waals surface area (Å²) in [5, 5.41) is 0. The van der Waals surface area contributed by atoms with E-state index in [1.54, 1.807) is 26.1 Å². The molecule has 3 rings (SSSR count). The fourth-order valence-corrected chi connectivity index (χ4v) is 2.05. The molecular weight excluding hydrogens is 262 g/mol. The number of furan rings is 1. The van der Waals surface area contributed by atoms with Crippen molar-refractivity contribution in [2.75, 3.05) is 13.6 Å². The Morgan fingerprint density at radius 1 is 1.40 bits per heavy atom. The number of nitrogens with zero attached hydrogens (tertiary/aromatic N) is 3. The minimum absolute atomic E-state index is 0.0980. The lowest BCUT2D eigenvalue weighted by atomic mass is 10.3. The Morgan fingerprint density at radius 3 is 2.80 bits per heavy atom. The van der Waals surface area contributed by atoms with E-state index in [2.05, 4.69) is 4.98 Å². The second-order valence-electron chi connectivity index (χ2n) is 4.62. The average Bonchev–Trinajstić information content (AvgIpc) is 3.08. The maximum absolute atomic E-state index is 11.8. The molecule has 0 saturated carbocycles. The van der Waals surface area contributed by atoms with E-state index in [9.17, 15) is 9.59 Å². The van der Waals surface area contributed by atoms with Crippen molar-refractivity contribution in [3.8, 4) is 11.7 Å². The van der Waals surface area contributed by atoms with E-state index in [1.165, 1.54) is 11.2 Å². The van der Waals surface area contributed by atoms with Gasteiger partial charge in [0.15, 0.2) is 5.76 Å². The molecule has 3 amide bonds. The fourth-order valence-electron chi connectivity index (χ4n) is 2.05. The van der Waals surface area contributed by atoms with Gasteiger partial charge in [-0.05, 0) is 19.1 Å². The first-order valence-corrected chi connectivity index (χ1v) is 6.12. The molecule has 2 aromatic rings. The van der Waals surface area contributed by atoms with Crippen LogP contribution in [0, 0.1) is 6.92 Å². The molecule has 2 aromatic heterocycles. The van der Waals surface area contributed by atoms with E-state index in [4.69, 9.17) is 8.83 Å². The molecule has 0 aliphatic carbocycles. The van der Waals surface area contributed by atoms with Crippen molar-refractivity contribution in [1.82, 2.24) is 14.8 Å². The number of oxazole rings is 1. The highest BCUT2D eigenvalue weighted by Crippen LogP contribution is 2.23. The lowest BCUT2D eigenvalue weighted by molar-refractivity contribution is -0.125. The Labute approximate surface area is 114 Å². The van der Waals surface area contributed by atoms with Gasteiger partial charge in [-0.2, -0.15) is 0 Å². The van der Waals surface area contributed by atoms with E-state index in [-0.39, 0.29) is 25.0 Å². The summed E-state index contributed by atoms with van der Waals surface area (Å²) in [6, 6.07) is 3.14. The summed E-state index contributed by atoms with van der Waals surface area (Å²) in [6.45, 7) is 1.95.